The molecule has 0 saturated carbocycles. The number of nitro groups is 4. The minimum atomic E-state index is -1.75. The first-order valence-electron chi connectivity index (χ1n) is 22.9. The third-order valence-corrected chi connectivity index (χ3v) is 13.9. The molecule has 45 heteroatoms. The first kappa shape index (κ1) is 140. The van der Waals surface area contributed by atoms with Crippen molar-refractivity contribution in [3.63, 3.8) is 0 Å². The van der Waals surface area contributed by atoms with Crippen LogP contribution in [0.2, 0.25) is 15.1 Å². The fourth-order valence-electron chi connectivity index (χ4n) is 5.53. The maximum Gasteiger partial charge on any atom is 1.00 e. The minimum absolute atomic E-state index is 0. The van der Waals surface area contributed by atoms with Gasteiger partial charge < -0.3 is 66.8 Å². The Morgan fingerprint density at radius 3 is 0.740 bits per heavy atom. The molecular weight excluding hydrogens is 1760 g/mol. The molecule has 0 aliphatic carbocycles. The van der Waals surface area contributed by atoms with Crippen LogP contribution in [0.1, 0.15) is 79.8 Å². The molecule has 8 rings (SSSR count). The molecule has 0 fully saturated rings. The van der Waals surface area contributed by atoms with Crippen LogP contribution >= 0.6 is 82.2 Å². The Kier molecular flexibility index (Phi) is 110. The van der Waals surface area contributed by atoms with Crippen molar-refractivity contribution in [1.82, 2.24) is 0 Å². The van der Waals surface area contributed by atoms with Gasteiger partial charge in [-0.05, 0) is 68.3 Å². The van der Waals surface area contributed by atoms with Crippen molar-refractivity contribution in [3.05, 3.63) is 321 Å². The summed E-state index contributed by atoms with van der Waals surface area (Å²) in [6.45, 7) is 1.76. The largest absolute Gasteiger partial charge is 1.00 e. The molecule has 0 aromatic heterocycles. The summed E-state index contributed by atoms with van der Waals surface area (Å²) in [5.41, 5.74) is 6.31. The van der Waals surface area contributed by atoms with Gasteiger partial charge in [0.1, 0.15) is 15.1 Å². The Bertz CT molecular complexity index is 3270. The first-order chi connectivity index (χ1) is 41.7. The molecule has 104 heavy (non-hydrogen) atoms. The number of hydrogen-bond acceptors (Lipinski definition) is 22. The van der Waals surface area contributed by atoms with Gasteiger partial charge in [-0.3, -0.25) is 40.5 Å². The number of halogens is 5. The normalized spacial score (nSPS) is 8.09. The van der Waals surface area contributed by atoms with E-state index in [0.29, 0.717) is 37.0 Å². The molecule has 590 valence electrons. The summed E-state index contributed by atoms with van der Waals surface area (Å²) >= 11 is 17.0. The summed E-state index contributed by atoms with van der Waals surface area (Å²) in [5, 5.41) is 122. The number of nitro benzene ring substituents is 4. The third kappa shape index (κ3) is 76.2. The Morgan fingerprint density at radius 2 is 0.538 bits per heavy atom. The molecule has 33 nitrogen and oxygen atoms in total. The molecule has 0 heterocycles. The van der Waals surface area contributed by atoms with Crippen LogP contribution in [0.4, 0.5) is 28.4 Å². The van der Waals surface area contributed by atoms with Crippen molar-refractivity contribution in [2.75, 3.05) is 5.73 Å². The van der Waals surface area contributed by atoms with Gasteiger partial charge in [-0.1, -0.05) is 280 Å². The molecule has 4 unspecified atom stereocenters. The summed E-state index contributed by atoms with van der Waals surface area (Å²) in [5.74, 6) is 0. The Morgan fingerprint density at radius 1 is 0.346 bits per heavy atom. The summed E-state index contributed by atoms with van der Waals surface area (Å²) in [4.78, 5) is 82.2. The van der Waals surface area contributed by atoms with Gasteiger partial charge in [0.15, 0.2) is 0 Å². The van der Waals surface area contributed by atoms with E-state index < -0.39 is 40.2 Å². The predicted molar refractivity (Wildman–Crippen MR) is 418 cm³/mol. The van der Waals surface area contributed by atoms with Crippen LogP contribution in [0.5, 0.6) is 0 Å². The van der Waals surface area contributed by atoms with E-state index in [0.717, 1.165) is 26.5 Å². The zero-order valence-electron chi connectivity index (χ0n) is 47.1. The SMILES string of the molecule is C.C.C.C.C.C.C.C.C.C.Cc1ccc(Pc2ccccc2)cc1[N+](=O)[O-].Cl.Nc1ccc(Cl)c([N+](=O)[O-])c1.O=[N+]([O-])O.O=[N+]([O-])O.O=[N+]([O-])[O-].O=[N+]([O-])[O-].O=[N+]([O-])[O-].O=[N+]([O-])c1cc(Pc2ccccc2)ccc1Cl.O=[N+]([O-])c1cc(Pc2ccccc2)ccc1Cl.Pc1ccccc1.[18F-].[Ag].[Ag].[K+]. The average molecular weight is 1840 g/mol. The molecule has 2 radical (unpaired) electrons. The number of rotatable bonds is 10. The van der Waals surface area contributed by atoms with E-state index in [9.17, 15) is 40.5 Å². The van der Waals surface area contributed by atoms with E-state index in [1.54, 1.807) is 25.1 Å². The van der Waals surface area contributed by atoms with Gasteiger partial charge in [0.25, 0.3) is 32.9 Å². The molecule has 8 aromatic carbocycles. The van der Waals surface area contributed by atoms with E-state index in [1.165, 1.54) is 40.9 Å². The molecule has 0 aliphatic rings. The monoisotopic (exact) mass is 1840 g/mol. The summed E-state index contributed by atoms with van der Waals surface area (Å²) in [6, 6.07) is 59.2. The Labute approximate surface area is 705 Å². The van der Waals surface area contributed by atoms with E-state index in [2.05, 4.69) is 9.24 Å². The number of anilines is 1. The molecule has 8 aromatic rings. The van der Waals surface area contributed by atoms with Gasteiger partial charge in [0, 0.05) is 80.3 Å². The van der Waals surface area contributed by atoms with Crippen LogP contribution in [-0.2, 0) is 44.8 Å². The second-order valence-electron chi connectivity index (χ2n) is 15.1. The number of nitrogens with zero attached hydrogens (tertiary/aromatic N) is 9. The zero-order valence-corrected chi connectivity index (χ0v) is 60.5. The van der Waals surface area contributed by atoms with E-state index >= 15 is 0 Å². The molecule has 0 bridgehead atoms. The van der Waals surface area contributed by atoms with E-state index in [-0.39, 0.29) is 230 Å². The molecule has 0 amide bonds. The Balaban J connectivity index is -0.0000000557. The third-order valence-electron chi connectivity index (χ3n) is 8.85. The molecule has 0 spiro atoms. The fourth-order valence-corrected chi connectivity index (χ4v) is 9.52. The number of hydrogen-bond donors (Lipinski definition) is 3. The fraction of sp³-hybridized carbons (Fsp3) is 0.186. The van der Waals surface area contributed by atoms with E-state index in [1.807, 2.05) is 146 Å². The molecule has 4 atom stereocenters. The summed E-state index contributed by atoms with van der Waals surface area (Å²) in [6.07, 6.45) is 0. The average Bonchev–Trinajstić information content (AvgIpc) is 0.875. The zero-order chi connectivity index (χ0) is 68.2. The van der Waals surface area contributed by atoms with Crippen LogP contribution in [-0.4, -0.2) is 55.5 Å². The van der Waals surface area contributed by atoms with Gasteiger partial charge in [-0.2, -0.15) is 0 Å². The van der Waals surface area contributed by atoms with Gasteiger partial charge in [0.2, 0.25) is 0 Å². The predicted octanol–water partition coefficient (Wildman–Crippen LogP) is 10.7. The van der Waals surface area contributed by atoms with Crippen LogP contribution in [0.25, 0.3) is 0 Å². The molecule has 0 saturated heterocycles. The van der Waals surface area contributed by atoms with Gasteiger partial charge in [-0.25, -0.2) is 0 Å². The van der Waals surface area contributed by atoms with E-state index in [4.69, 9.17) is 117 Å². The summed E-state index contributed by atoms with van der Waals surface area (Å²) in [7, 11) is 3.89. The number of aryl methyl sites for hydroxylation is 1. The minimum Gasteiger partial charge on any atom is -1.00 e. The van der Waals surface area contributed by atoms with Crippen LogP contribution in [0, 0.1) is 114 Å². The second-order valence-corrected chi connectivity index (χ2v) is 21.2. The quantitative estimate of drug-likeness (QED) is 0.0376. The number of nitrogen functional groups attached to an aromatic ring is 1. The maximum atomic E-state index is 10.8. The van der Waals surface area contributed by atoms with Crippen molar-refractivity contribution in [2.24, 2.45) is 0 Å². The Hall–Kier alpha value is -6.91. The standard InChI is InChI=1S/C13H12NO2P.2C12H9ClNO2P.C6H5ClN2O2.C6H7P.10CH4.2Ag.ClH.FH.K.2HNO3.3NO3/c1-10-7-8-12(9-13(10)14(15)16)17-11-5-3-2-4-6-11;2*13-11-7-6-10(8-12(11)14(15)16)17-9-4-2-1-3-5-9;7-5-2-1-4(8)3-6(5)9(10)11;7-6-4-2-1-3-5-6;;;;;;;;;;;;;;;;5*2-1(3)4/h2-9,17H,1H3;2*1-8,17H;1-3H,8H2;1-5H,7H2;10*1H4;;;2*1H;;2*(H,2,3,4);;;/q;;;;;;;;;;;;;;;;;;;+1;;;3*-1/p-1/i;;;;;;;;;;;;;;;;;;1-1;;;;;;. The molecule has 4 N–H and O–H groups in total. The molecule has 0 aliphatic heterocycles. The van der Waals surface area contributed by atoms with Crippen LogP contribution in [0.15, 0.2) is 194 Å². The topological polar surface area (TPSA) is 524 Å². The van der Waals surface area contributed by atoms with Crippen molar-refractivity contribution < 1.29 is 156 Å². The number of nitrogens with two attached hydrogens (primary N) is 1. The van der Waals surface area contributed by atoms with Crippen molar-refractivity contribution in [3.8, 4) is 0 Å². The first-order valence-corrected chi connectivity index (χ1v) is 27.6. The van der Waals surface area contributed by atoms with Gasteiger partial charge >= 0.3 is 51.4 Å². The van der Waals surface area contributed by atoms with Crippen molar-refractivity contribution in [2.45, 2.75) is 81.2 Å². The molecular formula is C59H85Ag2Cl4FKN10O23P4-3. The smallest absolute Gasteiger partial charge is 1.00 e. The van der Waals surface area contributed by atoms with Gasteiger partial charge in [-0.15, -0.1) is 41.9 Å². The summed E-state index contributed by atoms with van der Waals surface area (Å²) < 4.78 is 0. The van der Waals surface area contributed by atoms with Crippen LogP contribution in [0.3, 0.4) is 0 Å². The van der Waals surface area contributed by atoms with Gasteiger partial charge in [0.05, 0.1) is 35.0 Å². The van der Waals surface area contributed by atoms with Crippen LogP contribution < -0.4 is 99.0 Å². The second kappa shape index (κ2) is 81.8. The van der Waals surface area contributed by atoms with Crippen molar-refractivity contribution >= 4 is 148 Å². The number of benzene rings is 8. The van der Waals surface area contributed by atoms with Crippen molar-refractivity contribution in [1.29, 1.82) is 0 Å². The maximum absolute atomic E-state index is 10.8.